The van der Waals surface area contributed by atoms with Gasteiger partial charge in [0.1, 0.15) is 0 Å². The molecule has 0 saturated heterocycles. The van der Waals surface area contributed by atoms with Crippen molar-refractivity contribution in [1.29, 1.82) is 0 Å². The molecule has 1 aromatic heterocycles. The average molecular weight is 247 g/mol. The molecule has 90 valence electrons. The van der Waals surface area contributed by atoms with Crippen molar-refractivity contribution in [3.05, 3.63) is 30.5 Å². The molecule has 0 aliphatic rings. The summed E-state index contributed by atoms with van der Waals surface area (Å²) in [6, 6.07) is 7.93. The standard InChI is InChI=1S/C13H17N3S/c1-17-9-3-8-15-12-6-5-11(14)13-10(12)4-2-7-16-13/h2,4-7,15H,3,8-9,14H2,1H3. The summed E-state index contributed by atoms with van der Waals surface area (Å²) in [4.78, 5) is 4.32. The number of nitrogen functional groups attached to an aromatic ring is 1. The number of rotatable bonds is 5. The lowest BCUT2D eigenvalue weighted by molar-refractivity contribution is 0.995. The number of hydrogen-bond acceptors (Lipinski definition) is 4. The predicted molar refractivity (Wildman–Crippen MR) is 77.6 cm³/mol. The van der Waals surface area contributed by atoms with E-state index in [1.807, 2.05) is 30.0 Å². The molecule has 3 nitrogen and oxygen atoms in total. The second-order valence-corrected chi connectivity index (χ2v) is 4.86. The molecule has 0 bridgehead atoms. The van der Waals surface area contributed by atoms with E-state index < -0.39 is 0 Å². The van der Waals surface area contributed by atoms with Crippen molar-refractivity contribution >= 4 is 34.0 Å². The van der Waals surface area contributed by atoms with Crippen molar-refractivity contribution < 1.29 is 0 Å². The molecule has 2 rings (SSSR count). The topological polar surface area (TPSA) is 50.9 Å². The minimum Gasteiger partial charge on any atom is -0.397 e. The van der Waals surface area contributed by atoms with Gasteiger partial charge in [-0.15, -0.1) is 0 Å². The smallest absolute Gasteiger partial charge is 0.0951 e. The van der Waals surface area contributed by atoms with Crippen LogP contribution in [-0.4, -0.2) is 23.5 Å². The van der Waals surface area contributed by atoms with Gasteiger partial charge in [0.2, 0.25) is 0 Å². The number of nitrogens with one attached hydrogen (secondary N) is 1. The van der Waals surface area contributed by atoms with Gasteiger partial charge in [-0.3, -0.25) is 4.98 Å². The molecule has 0 unspecified atom stereocenters. The molecular weight excluding hydrogens is 230 g/mol. The Bertz CT molecular complexity index is 499. The molecule has 3 N–H and O–H groups in total. The normalized spacial score (nSPS) is 10.6. The Morgan fingerprint density at radius 2 is 2.24 bits per heavy atom. The van der Waals surface area contributed by atoms with Gasteiger partial charge in [0.25, 0.3) is 0 Å². The third-order valence-electron chi connectivity index (χ3n) is 2.64. The number of aromatic nitrogens is 1. The molecule has 0 saturated carbocycles. The lowest BCUT2D eigenvalue weighted by Gasteiger charge is -2.10. The molecule has 1 heterocycles. The first-order chi connectivity index (χ1) is 8.33. The fourth-order valence-corrected chi connectivity index (χ4v) is 2.22. The van der Waals surface area contributed by atoms with Gasteiger partial charge < -0.3 is 11.1 Å². The van der Waals surface area contributed by atoms with Crippen molar-refractivity contribution in [2.45, 2.75) is 6.42 Å². The zero-order valence-corrected chi connectivity index (χ0v) is 10.8. The summed E-state index contributed by atoms with van der Waals surface area (Å²) in [5.41, 5.74) is 8.63. The molecule has 0 fully saturated rings. The molecule has 0 aliphatic carbocycles. The first-order valence-corrected chi connectivity index (χ1v) is 7.08. The Labute approximate surface area is 106 Å². The summed E-state index contributed by atoms with van der Waals surface area (Å²) < 4.78 is 0. The van der Waals surface area contributed by atoms with Crippen molar-refractivity contribution in [3.63, 3.8) is 0 Å². The maximum absolute atomic E-state index is 5.91. The predicted octanol–water partition coefficient (Wildman–Crippen LogP) is 2.98. The SMILES string of the molecule is CSCCCNc1ccc(N)c2ncccc12. The van der Waals surface area contributed by atoms with Gasteiger partial charge in [0.15, 0.2) is 0 Å². The van der Waals surface area contributed by atoms with Gasteiger partial charge in [-0.05, 0) is 42.7 Å². The number of thioether (sulfide) groups is 1. The quantitative estimate of drug-likeness (QED) is 0.630. The van der Waals surface area contributed by atoms with Crippen LogP contribution in [0.5, 0.6) is 0 Å². The maximum Gasteiger partial charge on any atom is 0.0951 e. The van der Waals surface area contributed by atoms with Crippen LogP contribution in [0.15, 0.2) is 30.5 Å². The Hall–Kier alpha value is -1.42. The van der Waals surface area contributed by atoms with E-state index in [2.05, 4.69) is 22.6 Å². The largest absolute Gasteiger partial charge is 0.397 e. The van der Waals surface area contributed by atoms with Crippen LogP contribution in [0, 0.1) is 0 Å². The highest BCUT2D eigenvalue weighted by atomic mass is 32.2. The maximum atomic E-state index is 5.91. The fourth-order valence-electron chi connectivity index (χ4n) is 1.79. The molecule has 17 heavy (non-hydrogen) atoms. The third-order valence-corrected chi connectivity index (χ3v) is 3.34. The van der Waals surface area contributed by atoms with Crippen molar-refractivity contribution in [1.82, 2.24) is 4.98 Å². The van der Waals surface area contributed by atoms with E-state index in [1.54, 1.807) is 6.20 Å². The summed E-state index contributed by atoms with van der Waals surface area (Å²) in [6.07, 6.45) is 5.06. The summed E-state index contributed by atoms with van der Waals surface area (Å²) in [5.74, 6) is 1.18. The van der Waals surface area contributed by atoms with Crippen molar-refractivity contribution in [3.8, 4) is 0 Å². The lowest BCUT2D eigenvalue weighted by atomic mass is 10.1. The van der Waals surface area contributed by atoms with E-state index in [-0.39, 0.29) is 0 Å². The summed E-state index contributed by atoms with van der Waals surface area (Å²) in [5, 5.41) is 4.53. The van der Waals surface area contributed by atoms with E-state index in [0.29, 0.717) is 0 Å². The molecule has 2 aromatic rings. The van der Waals surface area contributed by atoms with Crippen LogP contribution in [0.1, 0.15) is 6.42 Å². The minimum absolute atomic E-state index is 0.732. The first-order valence-electron chi connectivity index (χ1n) is 5.69. The molecular formula is C13H17N3S. The van der Waals surface area contributed by atoms with Gasteiger partial charge in [-0.2, -0.15) is 11.8 Å². The number of benzene rings is 1. The van der Waals surface area contributed by atoms with E-state index >= 15 is 0 Å². The van der Waals surface area contributed by atoms with E-state index in [0.717, 1.165) is 35.2 Å². The second-order valence-electron chi connectivity index (χ2n) is 3.88. The summed E-state index contributed by atoms with van der Waals surface area (Å²) in [7, 11) is 0. The van der Waals surface area contributed by atoms with Gasteiger partial charge in [-0.25, -0.2) is 0 Å². The van der Waals surface area contributed by atoms with Crippen LogP contribution in [0.25, 0.3) is 10.9 Å². The summed E-state index contributed by atoms with van der Waals surface area (Å²) >= 11 is 1.87. The molecule has 0 aliphatic heterocycles. The molecule has 1 aromatic carbocycles. The second kappa shape index (κ2) is 5.77. The zero-order chi connectivity index (χ0) is 12.1. The van der Waals surface area contributed by atoms with E-state index in [9.17, 15) is 0 Å². The summed E-state index contributed by atoms with van der Waals surface area (Å²) in [6.45, 7) is 0.981. The van der Waals surface area contributed by atoms with E-state index in [1.165, 1.54) is 5.75 Å². The lowest BCUT2D eigenvalue weighted by Crippen LogP contribution is -2.03. The van der Waals surface area contributed by atoms with Gasteiger partial charge in [0.05, 0.1) is 11.2 Å². The number of fused-ring (bicyclic) bond motifs is 1. The van der Waals surface area contributed by atoms with Crippen LogP contribution in [0.2, 0.25) is 0 Å². The number of anilines is 2. The Balaban J connectivity index is 2.20. The van der Waals surface area contributed by atoms with E-state index in [4.69, 9.17) is 5.73 Å². The number of hydrogen-bond donors (Lipinski definition) is 2. The Kier molecular flexibility index (Phi) is 4.09. The monoisotopic (exact) mass is 247 g/mol. The van der Waals surface area contributed by atoms with Gasteiger partial charge >= 0.3 is 0 Å². The highest BCUT2D eigenvalue weighted by molar-refractivity contribution is 7.98. The number of nitrogens with two attached hydrogens (primary N) is 1. The van der Waals surface area contributed by atoms with Crippen LogP contribution in [0.4, 0.5) is 11.4 Å². The molecule has 0 spiro atoms. The van der Waals surface area contributed by atoms with Gasteiger partial charge in [-0.1, -0.05) is 0 Å². The highest BCUT2D eigenvalue weighted by Gasteiger charge is 2.03. The third kappa shape index (κ3) is 2.82. The molecule has 0 radical (unpaired) electrons. The van der Waals surface area contributed by atoms with Crippen molar-refractivity contribution in [2.75, 3.05) is 29.6 Å². The van der Waals surface area contributed by atoms with Gasteiger partial charge in [0, 0.05) is 23.8 Å². The number of nitrogens with zero attached hydrogens (tertiary/aromatic N) is 1. The molecule has 4 heteroatoms. The Morgan fingerprint density at radius 3 is 3.06 bits per heavy atom. The highest BCUT2D eigenvalue weighted by Crippen LogP contribution is 2.26. The first kappa shape index (κ1) is 12.0. The van der Waals surface area contributed by atoms with Crippen molar-refractivity contribution in [2.24, 2.45) is 0 Å². The van der Waals surface area contributed by atoms with Crippen LogP contribution < -0.4 is 11.1 Å². The number of pyridine rings is 1. The molecule has 0 atom stereocenters. The van der Waals surface area contributed by atoms with Crippen LogP contribution >= 0.6 is 11.8 Å². The molecule has 0 amide bonds. The zero-order valence-electron chi connectivity index (χ0n) is 9.94. The Morgan fingerprint density at radius 1 is 1.35 bits per heavy atom. The fraction of sp³-hybridized carbons (Fsp3) is 0.308. The average Bonchev–Trinajstić information content (AvgIpc) is 2.37. The van der Waals surface area contributed by atoms with Crippen LogP contribution in [-0.2, 0) is 0 Å². The minimum atomic E-state index is 0.732. The van der Waals surface area contributed by atoms with Crippen LogP contribution in [0.3, 0.4) is 0 Å².